The molecule has 1 aromatic carbocycles. The summed E-state index contributed by atoms with van der Waals surface area (Å²) < 4.78 is 31.7. The summed E-state index contributed by atoms with van der Waals surface area (Å²) in [5, 5.41) is 3.35. The molecular formula is C21H24N4O4S2. The molecule has 8 nitrogen and oxygen atoms in total. The number of furan rings is 1. The van der Waals surface area contributed by atoms with Crippen LogP contribution in [0.4, 0.5) is 5.69 Å². The number of amides is 1. The highest BCUT2D eigenvalue weighted by atomic mass is 32.2. The van der Waals surface area contributed by atoms with E-state index in [-0.39, 0.29) is 4.90 Å². The Morgan fingerprint density at radius 1 is 1.16 bits per heavy atom. The van der Waals surface area contributed by atoms with Crippen LogP contribution in [0.15, 0.2) is 44.9 Å². The molecule has 0 aliphatic carbocycles. The first-order valence-electron chi connectivity index (χ1n) is 9.38. The summed E-state index contributed by atoms with van der Waals surface area (Å²) in [6.07, 6.45) is 3.36. The van der Waals surface area contributed by atoms with Gasteiger partial charge in [0, 0.05) is 19.8 Å². The summed E-state index contributed by atoms with van der Waals surface area (Å²) in [5.41, 5.74) is 2.79. The molecule has 0 radical (unpaired) electrons. The fraction of sp³-hybridized carbons (Fsp3) is 0.286. The molecule has 2 aromatic heterocycles. The van der Waals surface area contributed by atoms with Crippen molar-refractivity contribution < 1.29 is 17.6 Å². The van der Waals surface area contributed by atoms with E-state index in [0.29, 0.717) is 33.6 Å². The van der Waals surface area contributed by atoms with Gasteiger partial charge < -0.3 is 9.73 Å². The molecule has 1 N–H and O–H groups in total. The van der Waals surface area contributed by atoms with E-state index in [9.17, 15) is 13.2 Å². The van der Waals surface area contributed by atoms with Gasteiger partial charge in [-0.25, -0.2) is 22.7 Å². The van der Waals surface area contributed by atoms with Crippen molar-refractivity contribution >= 4 is 33.4 Å². The Bertz CT molecular complexity index is 1240. The first-order chi connectivity index (χ1) is 14.6. The lowest BCUT2D eigenvalue weighted by molar-refractivity contribution is 0.102. The minimum Gasteiger partial charge on any atom is -0.461 e. The highest BCUT2D eigenvalue weighted by Crippen LogP contribution is 2.29. The molecule has 0 spiro atoms. The molecule has 3 aromatic rings. The Hall–Kier alpha value is -2.69. The maximum absolute atomic E-state index is 13.2. The summed E-state index contributed by atoms with van der Waals surface area (Å²) in [6.45, 7) is 5.36. The number of carbonyl (C=O) groups is 1. The molecule has 2 heterocycles. The molecule has 3 rings (SSSR count). The zero-order valence-electron chi connectivity index (χ0n) is 18.2. The zero-order valence-corrected chi connectivity index (χ0v) is 19.8. The third kappa shape index (κ3) is 4.51. The van der Waals surface area contributed by atoms with Crippen LogP contribution in [0.5, 0.6) is 0 Å². The quantitative estimate of drug-likeness (QED) is 0.439. The van der Waals surface area contributed by atoms with Gasteiger partial charge in [0.25, 0.3) is 5.91 Å². The number of thioether (sulfide) groups is 1. The van der Waals surface area contributed by atoms with E-state index in [1.54, 1.807) is 32.0 Å². The highest BCUT2D eigenvalue weighted by molar-refractivity contribution is 7.98. The van der Waals surface area contributed by atoms with Crippen molar-refractivity contribution in [2.24, 2.45) is 0 Å². The number of nitrogens with one attached hydrogen (secondary N) is 1. The Balaban J connectivity index is 2.03. The molecule has 31 heavy (non-hydrogen) atoms. The van der Waals surface area contributed by atoms with Gasteiger partial charge in [0.2, 0.25) is 10.0 Å². The van der Waals surface area contributed by atoms with E-state index in [1.165, 1.54) is 38.2 Å². The Morgan fingerprint density at radius 3 is 2.45 bits per heavy atom. The zero-order chi connectivity index (χ0) is 22.9. The summed E-state index contributed by atoms with van der Waals surface area (Å²) in [7, 11) is -0.714. The number of benzene rings is 1. The van der Waals surface area contributed by atoms with Gasteiger partial charge in [-0.3, -0.25) is 4.79 Å². The minimum atomic E-state index is -3.65. The molecule has 0 aliphatic rings. The average molecular weight is 461 g/mol. The van der Waals surface area contributed by atoms with Crippen LogP contribution in [0.25, 0.3) is 11.6 Å². The summed E-state index contributed by atoms with van der Waals surface area (Å²) in [5.74, 6) is 0.502. The average Bonchev–Trinajstić information content (AvgIpc) is 3.25. The molecule has 0 bridgehead atoms. The first kappa shape index (κ1) is 23.0. The van der Waals surface area contributed by atoms with Gasteiger partial charge in [0.05, 0.1) is 22.4 Å². The second kappa shape index (κ2) is 8.81. The van der Waals surface area contributed by atoms with Crippen LogP contribution in [0, 0.1) is 20.8 Å². The van der Waals surface area contributed by atoms with Crippen molar-refractivity contribution in [1.29, 1.82) is 0 Å². The van der Waals surface area contributed by atoms with E-state index < -0.39 is 15.9 Å². The van der Waals surface area contributed by atoms with Crippen molar-refractivity contribution in [3.05, 3.63) is 52.9 Å². The molecule has 0 aliphatic heterocycles. The highest BCUT2D eigenvalue weighted by Gasteiger charge is 2.23. The van der Waals surface area contributed by atoms with E-state index in [1.807, 2.05) is 13.2 Å². The third-order valence-electron chi connectivity index (χ3n) is 4.89. The monoisotopic (exact) mass is 460 g/mol. The Labute approximate surface area is 186 Å². The largest absolute Gasteiger partial charge is 0.461 e. The molecule has 164 valence electrons. The number of hydrogen-bond donors (Lipinski definition) is 1. The normalized spacial score (nSPS) is 11.7. The maximum Gasteiger partial charge on any atom is 0.260 e. The molecule has 0 atom stereocenters. The lowest BCUT2D eigenvalue weighted by atomic mass is 10.1. The molecule has 10 heteroatoms. The van der Waals surface area contributed by atoms with E-state index in [4.69, 9.17) is 4.42 Å². The van der Waals surface area contributed by atoms with Gasteiger partial charge in [-0.15, -0.1) is 11.8 Å². The Morgan fingerprint density at radius 2 is 1.87 bits per heavy atom. The number of carbonyl (C=O) groups excluding carboxylic acids is 1. The van der Waals surface area contributed by atoms with Crippen LogP contribution in [0.1, 0.15) is 27.2 Å². The maximum atomic E-state index is 13.2. The van der Waals surface area contributed by atoms with Crippen LogP contribution < -0.4 is 5.32 Å². The summed E-state index contributed by atoms with van der Waals surface area (Å²) in [6, 6.07) is 6.57. The van der Waals surface area contributed by atoms with Crippen LogP contribution >= 0.6 is 11.8 Å². The molecule has 0 fully saturated rings. The number of rotatable bonds is 6. The molecule has 0 saturated carbocycles. The molecule has 0 saturated heterocycles. The fourth-order valence-corrected chi connectivity index (χ4v) is 4.61. The molecule has 1 amide bonds. The smallest absolute Gasteiger partial charge is 0.260 e. The predicted octanol–water partition coefficient (Wildman–Crippen LogP) is 3.89. The molecule has 0 unspecified atom stereocenters. The van der Waals surface area contributed by atoms with E-state index >= 15 is 0 Å². The lowest BCUT2D eigenvalue weighted by Crippen LogP contribution is -2.23. The van der Waals surface area contributed by atoms with Gasteiger partial charge in [0.15, 0.2) is 11.6 Å². The van der Waals surface area contributed by atoms with Gasteiger partial charge in [-0.05, 0) is 62.4 Å². The lowest BCUT2D eigenvalue weighted by Gasteiger charge is -2.17. The SMILES string of the molecule is CSc1nc(-c2ccco2)nc(C)c1C(=O)Nc1cc(S(=O)(=O)N(C)C)cc(C)c1C. The summed E-state index contributed by atoms with van der Waals surface area (Å²) >= 11 is 1.32. The van der Waals surface area contributed by atoms with Crippen molar-refractivity contribution in [2.45, 2.75) is 30.7 Å². The predicted molar refractivity (Wildman–Crippen MR) is 121 cm³/mol. The number of hydrogen-bond acceptors (Lipinski definition) is 7. The third-order valence-corrected chi connectivity index (χ3v) is 7.36. The fourth-order valence-electron chi connectivity index (χ4n) is 2.97. The van der Waals surface area contributed by atoms with Crippen molar-refractivity contribution in [2.75, 3.05) is 25.7 Å². The number of nitrogens with zero attached hydrogens (tertiary/aromatic N) is 3. The molecular weight excluding hydrogens is 436 g/mol. The summed E-state index contributed by atoms with van der Waals surface area (Å²) in [4.78, 5) is 22.2. The van der Waals surface area contributed by atoms with Crippen LogP contribution in [0.3, 0.4) is 0 Å². The Kier molecular flexibility index (Phi) is 6.54. The number of aryl methyl sites for hydroxylation is 2. The van der Waals surface area contributed by atoms with E-state index in [0.717, 1.165) is 15.4 Å². The number of sulfonamides is 1. The van der Waals surface area contributed by atoms with Gasteiger partial charge in [0.1, 0.15) is 5.03 Å². The topological polar surface area (TPSA) is 105 Å². The van der Waals surface area contributed by atoms with Gasteiger partial charge >= 0.3 is 0 Å². The minimum absolute atomic E-state index is 0.113. The second-order valence-corrected chi connectivity index (χ2v) is 10.1. The van der Waals surface area contributed by atoms with E-state index in [2.05, 4.69) is 15.3 Å². The number of aromatic nitrogens is 2. The van der Waals surface area contributed by atoms with Crippen molar-refractivity contribution in [1.82, 2.24) is 14.3 Å². The second-order valence-electron chi connectivity index (χ2n) is 7.15. The van der Waals surface area contributed by atoms with Gasteiger partial charge in [-0.1, -0.05) is 0 Å². The first-order valence-corrected chi connectivity index (χ1v) is 12.0. The van der Waals surface area contributed by atoms with Crippen LogP contribution in [-0.4, -0.2) is 48.9 Å². The number of anilines is 1. The van der Waals surface area contributed by atoms with Crippen molar-refractivity contribution in [3.8, 4) is 11.6 Å². The standard InChI is InChI=1S/C21H24N4O4S2/c1-12-10-15(31(27,28)25(4)5)11-16(13(12)2)23-20(26)18-14(3)22-19(24-21(18)30-6)17-8-7-9-29-17/h7-11H,1-6H3,(H,23,26). The van der Waals surface area contributed by atoms with Gasteiger partial charge in [-0.2, -0.15) is 0 Å². The van der Waals surface area contributed by atoms with Crippen LogP contribution in [0.2, 0.25) is 0 Å². The van der Waals surface area contributed by atoms with Crippen LogP contribution in [-0.2, 0) is 10.0 Å². The van der Waals surface area contributed by atoms with Crippen molar-refractivity contribution in [3.63, 3.8) is 0 Å².